The maximum absolute atomic E-state index is 3.96. The smallest absolute Gasteiger partial charge is 0.0720 e. The molecule has 0 atom stereocenters. The second-order valence-corrected chi connectivity index (χ2v) is 33.2. The molecule has 0 bridgehead atoms. The van der Waals surface area contributed by atoms with Crippen LogP contribution in [0.4, 0.5) is 0 Å². The Kier molecular flexibility index (Phi) is 17.3. The van der Waals surface area contributed by atoms with Crippen LogP contribution in [0.5, 0.6) is 0 Å². The first-order chi connectivity index (χ1) is 49.1. The second kappa shape index (κ2) is 26.1. The minimum absolute atomic E-state index is 0.0449. The van der Waals surface area contributed by atoms with Crippen molar-refractivity contribution in [3.05, 3.63) is 423 Å². The Bertz CT molecular complexity index is 5220. The number of pyridine rings is 1. The van der Waals surface area contributed by atoms with Crippen LogP contribution >= 0.6 is 11.3 Å². The Hall–Kier alpha value is -10.5. The lowest BCUT2D eigenvalue weighted by molar-refractivity contribution is 0.585. The van der Waals surface area contributed by atoms with Gasteiger partial charge in [0.1, 0.15) is 0 Å². The van der Waals surface area contributed by atoms with Crippen molar-refractivity contribution in [1.29, 1.82) is 0 Å². The fourth-order valence-corrected chi connectivity index (χ4v) is 17.9. The maximum Gasteiger partial charge on any atom is 0.0720 e. The van der Waals surface area contributed by atoms with Crippen molar-refractivity contribution in [2.45, 2.75) is 121 Å². The van der Waals surface area contributed by atoms with E-state index in [0.717, 1.165) is 0 Å². The Labute approximate surface area is 610 Å². The Morgan fingerprint density at radius 3 is 0.833 bits per heavy atom. The van der Waals surface area contributed by atoms with Gasteiger partial charge in [0.15, 0.2) is 0 Å². The topological polar surface area (TPSA) is 12.9 Å². The van der Waals surface area contributed by atoms with Gasteiger partial charge in [-0.2, -0.15) is 0 Å². The lowest BCUT2D eigenvalue weighted by atomic mass is 9.52. The van der Waals surface area contributed by atoms with Gasteiger partial charge in [-0.15, -0.1) is 11.3 Å². The van der Waals surface area contributed by atoms with E-state index in [9.17, 15) is 0 Å². The SMILES string of the molecule is CC(C)(C)c1ccc(-c2ccc(-c3ccccc3)s2)cc1.CC(C)(C)c1ccc2c(c1)C(c1ccccc1)(c1ccccc1)c1ccccc1-2.CC(C)(C)c1ccc2c(c1)C1(c3ccccc3-2)c2ccccc2C2(c3ccccc3-c3ccccc32)c2ccccc21.CC(C)(C)c1ccncc1. The summed E-state index contributed by atoms with van der Waals surface area (Å²) in [6.45, 7) is 27.2. The first-order valence-corrected chi connectivity index (χ1v) is 37.1. The Balaban J connectivity index is 0.000000122. The van der Waals surface area contributed by atoms with Gasteiger partial charge in [-0.3, -0.25) is 4.98 Å². The molecule has 0 amide bonds. The summed E-state index contributed by atoms with van der Waals surface area (Å²) in [5, 5.41) is 0. The van der Waals surface area contributed by atoms with Crippen LogP contribution in [0.15, 0.2) is 334 Å². The van der Waals surface area contributed by atoms with E-state index in [1.54, 1.807) is 0 Å². The molecule has 2 heterocycles. The molecule has 0 unspecified atom stereocenters. The van der Waals surface area contributed by atoms with E-state index < -0.39 is 5.41 Å². The van der Waals surface area contributed by atoms with Crippen LogP contribution in [-0.4, -0.2) is 4.98 Å². The van der Waals surface area contributed by atoms with E-state index in [1.165, 1.54) is 143 Å². The summed E-state index contributed by atoms with van der Waals surface area (Å²) < 4.78 is 0. The van der Waals surface area contributed by atoms with Crippen LogP contribution in [0.1, 0.15) is 172 Å². The largest absolute Gasteiger partial charge is 0.265 e. The number of thiophene rings is 1. The highest BCUT2D eigenvalue weighted by Gasteiger charge is 2.59. The molecule has 502 valence electrons. The van der Waals surface area contributed by atoms with Crippen molar-refractivity contribution < 1.29 is 0 Å². The molecule has 0 saturated carbocycles. The van der Waals surface area contributed by atoms with E-state index in [1.807, 2.05) is 23.7 Å². The summed E-state index contributed by atoms with van der Waals surface area (Å²) in [7, 11) is 0. The normalized spacial score (nSPS) is 14.1. The maximum atomic E-state index is 3.96. The van der Waals surface area contributed by atoms with Crippen LogP contribution in [0.25, 0.3) is 54.3 Å². The molecule has 0 N–H and O–H groups in total. The summed E-state index contributed by atoms with van der Waals surface area (Å²) >= 11 is 1.85. The molecule has 0 saturated heterocycles. The number of benzene rings is 12. The fourth-order valence-electron chi connectivity index (χ4n) is 16.9. The zero-order valence-corrected chi connectivity index (χ0v) is 61.9. The average molecular weight is 1340 g/mol. The van der Waals surface area contributed by atoms with Gasteiger partial charge < -0.3 is 0 Å². The van der Waals surface area contributed by atoms with Crippen molar-refractivity contribution in [3.8, 4) is 54.3 Å². The monoisotopic (exact) mass is 1340 g/mol. The van der Waals surface area contributed by atoms with Gasteiger partial charge in [-0.25, -0.2) is 0 Å². The van der Waals surface area contributed by atoms with Crippen molar-refractivity contribution in [3.63, 3.8) is 0 Å². The lowest BCUT2D eigenvalue weighted by Gasteiger charge is -2.49. The predicted molar refractivity (Wildman–Crippen MR) is 433 cm³/mol. The number of aromatic nitrogens is 1. The first kappa shape index (κ1) is 67.3. The highest BCUT2D eigenvalue weighted by molar-refractivity contribution is 7.18. The molecule has 14 aromatic rings. The third kappa shape index (κ3) is 11.3. The zero-order chi connectivity index (χ0) is 70.8. The van der Waals surface area contributed by atoms with Gasteiger partial charge in [-0.1, -0.05) is 380 Å². The minimum atomic E-state index is -0.405. The highest BCUT2D eigenvalue weighted by atomic mass is 32.1. The number of hydrogen-bond donors (Lipinski definition) is 0. The molecular weight excluding hydrogens is 1250 g/mol. The molecule has 0 aliphatic heterocycles. The summed E-state index contributed by atoms with van der Waals surface area (Å²) in [6, 6.07) is 119. The molecule has 2 heteroatoms. The second-order valence-electron chi connectivity index (χ2n) is 32.1. The van der Waals surface area contributed by atoms with Crippen molar-refractivity contribution in [2.24, 2.45) is 0 Å². The lowest BCUT2D eigenvalue weighted by Crippen LogP contribution is -2.43. The van der Waals surface area contributed by atoms with Gasteiger partial charge in [0, 0.05) is 22.1 Å². The first-order valence-electron chi connectivity index (χ1n) is 36.3. The Morgan fingerprint density at radius 1 is 0.216 bits per heavy atom. The third-order valence-electron chi connectivity index (χ3n) is 21.9. The predicted octanol–water partition coefficient (Wildman–Crippen LogP) is 26.1. The minimum Gasteiger partial charge on any atom is -0.265 e. The van der Waals surface area contributed by atoms with Crippen molar-refractivity contribution in [1.82, 2.24) is 4.98 Å². The highest BCUT2D eigenvalue weighted by Crippen LogP contribution is 2.68. The van der Waals surface area contributed by atoms with E-state index in [-0.39, 0.29) is 32.5 Å². The molecule has 4 aliphatic rings. The van der Waals surface area contributed by atoms with Gasteiger partial charge in [-0.05, 0) is 179 Å². The summed E-state index contributed by atoms with van der Waals surface area (Å²) in [6.07, 6.45) is 3.67. The molecule has 2 spiro atoms. The standard InChI is InChI=1S/C42H32.C29H26.C20H20S.C9H13N/c1-40(2,3)27-24-25-31-30-16-6-9-19-34(30)42(39(31)26-27)37-22-12-10-20-35(37)41(36-21-11-13-23-38(36)42)32-17-7-4-14-28(32)29-15-5-8-18-33(29)41;1-28(2,3)23-18-19-25-24-16-10-11-17-26(24)29(27(25)20-23,21-12-6-4-7-13-21)22-14-8-5-9-15-22;1-20(2,3)17-11-9-16(10-12-17)19-14-13-18(21-19)15-7-5-4-6-8-15;1-9(2,3)8-4-6-10-7-5-8/h4-26H,1-3H3;4-20H,1-3H3;4-14H,1-3H3;4-7H,1-3H3. The van der Waals surface area contributed by atoms with Gasteiger partial charge >= 0.3 is 0 Å². The summed E-state index contributed by atoms with van der Waals surface area (Å²) in [5.74, 6) is 0. The van der Waals surface area contributed by atoms with E-state index in [4.69, 9.17) is 0 Å². The molecular formula is C100H91NS. The number of rotatable bonds is 4. The zero-order valence-electron chi connectivity index (χ0n) is 61.1. The van der Waals surface area contributed by atoms with Gasteiger partial charge in [0.25, 0.3) is 0 Å². The third-order valence-corrected chi connectivity index (χ3v) is 23.1. The van der Waals surface area contributed by atoms with Crippen LogP contribution in [0, 0.1) is 0 Å². The van der Waals surface area contributed by atoms with Gasteiger partial charge in [0.05, 0.1) is 16.2 Å². The van der Waals surface area contributed by atoms with Crippen LogP contribution in [-0.2, 0) is 37.9 Å². The summed E-state index contributed by atoms with van der Waals surface area (Å²) in [4.78, 5) is 6.61. The van der Waals surface area contributed by atoms with Crippen molar-refractivity contribution >= 4 is 11.3 Å². The number of nitrogens with zero attached hydrogens (tertiary/aromatic N) is 1. The molecule has 102 heavy (non-hydrogen) atoms. The van der Waals surface area contributed by atoms with Gasteiger partial charge in [0.2, 0.25) is 0 Å². The van der Waals surface area contributed by atoms with Crippen LogP contribution in [0.2, 0.25) is 0 Å². The van der Waals surface area contributed by atoms with Crippen LogP contribution in [0.3, 0.4) is 0 Å². The quantitative estimate of drug-likeness (QED) is 0.171. The molecule has 0 fully saturated rings. The average Bonchev–Trinajstić information content (AvgIpc) is 1.43. The molecule has 4 aliphatic carbocycles. The summed E-state index contributed by atoms with van der Waals surface area (Å²) in [5.41, 5.74) is 32.2. The molecule has 2 aromatic heterocycles. The molecule has 0 radical (unpaired) electrons. The van der Waals surface area contributed by atoms with E-state index in [2.05, 4.69) is 410 Å². The van der Waals surface area contributed by atoms with Crippen molar-refractivity contribution in [2.75, 3.05) is 0 Å². The molecule has 1 nitrogen and oxygen atoms in total. The number of fused-ring (bicyclic) bond motifs is 19. The molecule has 18 rings (SSSR count). The Morgan fingerprint density at radius 2 is 0.480 bits per heavy atom. The molecule has 12 aromatic carbocycles. The fraction of sp³-hybridized carbons (Fsp3) is 0.190. The van der Waals surface area contributed by atoms with Crippen LogP contribution < -0.4 is 0 Å². The van der Waals surface area contributed by atoms with E-state index >= 15 is 0 Å². The number of hydrogen-bond acceptors (Lipinski definition) is 2. The van der Waals surface area contributed by atoms with E-state index in [0.29, 0.717) is 0 Å².